The first kappa shape index (κ1) is 16.7. The van der Waals surface area contributed by atoms with Gasteiger partial charge in [-0.15, -0.1) is 11.3 Å². The van der Waals surface area contributed by atoms with Gasteiger partial charge in [0, 0.05) is 29.0 Å². The van der Waals surface area contributed by atoms with Crippen molar-refractivity contribution < 1.29 is 13.7 Å². The van der Waals surface area contributed by atoms with Crippen LogP contribution in [0.4, 0.5) is 0 Å². The third-order valence-electron chi connectivity index (χ3n) is 3.64. The summed E-state index contributed by atoms with van der Waals surface area (Å²) in [5, 5.41) is 1.84. The van der Waals surface area contributed by atoms with Gasteiger partial charge in [0.15, 0.2) is 0 Å². The molecule has 2 aromatic rings. The number of hydrogen-bond donors (Lipinski definition) is 0. The van der Waals surface area contributed by atoms with Crippen molar-refractivity contribution in [1.82, 2.24) is 4.90 Å². The number of ether oxygens (including phenoxy) is 1. The number of amides is 1. The number of methoxy groups -OCH3 is 1. The second kappa shape index (κ2) is 7.07. The molecule has 0 radical (unpaired) electrons. The molecule has 2 rings (SSSR count). The Morgan fingerprint density at radius 3 is 2.45 bits per heavy atom. The summed E-state index contributed by atoms with van der Waals surface area (Å²) >= 11 is 1.37. The molecule has 0 N–H and O–H groups in total. The summed E-state index contributed by atoms with van der Waals surface area (Å²) in [5.74, 6) is 0.535. The molecule has 118 valence electrons. The van der Waals surface area contributed by atoms with Crippen molar-refractivity contribution in [2.45, 2.75) is 17.9 Å². The van der Waals surface area contributed by atoms with Crippen molar-refractivity contribution in [2.24, 2.45) is 0 Å². The van der Waals surface area contributed by atoms with Crippen molar-refractivity contribution in [3.63, 3.8) is 0 Å². The highest BCUT2D eigenvalue weighted by Crippen LogP contribution is 2.29. The maximum Gasteiger partial charge on any atom is 0.267 e. The highest BCUT2D eigenvalue weighted by atomic mass is 32.2. The third-order valence-corrected chi connectivity index (χ3v) is 5.46. The van der Waals surface area contributed by atoms with E-state index < -0.39 is 10.8 Å². The standard InChI is InChI=1S/C16H19NO3S2/c1-11(12-5-7-13(8-6-12)22(4)19)17(2)16(18)15-14(20-3)9-10-21-15/h5-11H,1-4H3/t11-,22-/m1/s1. The Morgan fingerprint density at radius 2 is 1.91 bits per heavy atom. The van der Waals surface area contributed by atoms with Crippen LogP contribution in [0.3, 0.4) is 0 Å². The zero-order chi connectivity index (χ0) is 16.3. The van der Waals surface area contributed by atoms with Gasteiger partial charge in [-0.1, -0.05) is 12.1 Å². The third kappa shape index (κ3) is 3.39. The molecule has 22 heavy (non-hydrogen) atoms. The van der Waals surface area contributed by atoms with Gasteiger partial charge in [-0.25, -0.2) is 0 Å². The zero-order valence-electron chi connectivity index (χ0n) is 13.0. The lowest BCUT2D eigenvalue weighted by molar-refractivity contribution is 0.0744. The quantitative estimate of drug-likeness (QED) is 0.841. The van der Waals surface area contributed by atoms with Crippen molar-refractivity contribution >= 4 is 28.0 Å². The van der Waals surface area contributed by atoms with Crippen molar-refractivity contribution in [1.29, 1.82) is 0 Å². The summed E-state index contributed by atoms with van der Waals surface area (Å²) in [6, 6.07) is 9.21. The molecule has 0 unspecified atom stereocenters. The largest absolute Gasteiger partial charge is 0.495 e. The molecule has 1 aromatic heterocycles. The number of nitrogens with zero attached hydrogens (tertiary/aromatic N) is 1. The number of carbonyl (C=O) groups is 1. The second-order valence-electron chi connectivity index (χ2n) is 4.93. The van der Waals surface area contributed by atoms with Gasteiger partial charge in [-0.2, -0.15) is 0 Å². The van der Waals surface area contributed by atoms with Crippen LogP contribution in [0.1, 0.15) is 28.2 Å². The minimum absolute atomic E-state index is 0.0671. The van der Waals surface area contributed by atoms with Gasteiger partial charge in [0.1, 0.15) is 10.6 Å². The first-order chi connectivity index (χ1) is 10.5. The first-order valence-electron chi connectivity index (χ1n) is 6.77. The van der Waals surface area contributed by atoms with E-state index in [1.807, 2.05) is 36.6 Å². The van der Waals surface area contributed by atoms with Gasteiger partial charge in [-0.05, 0) is 36.1 Å². The molecule has 0 aliphatic heterocycles. The Labute approximate surface area is 137 Å². The Balaban J connectivity index is 2.19. The van der Waals surface area contributed by atoms with E-state index in [0.717, 1.165) is 10.5 Å². The first-order valence-corrected chi connectivity index (χ1v) is 9.21. The topological polar surface area (TPSA) is 46.6 Å². The van der Waals surface area contributed by atoms with Gasteiger partial charge >= 0.3 is 0 Å². The predicted molar refractivity (Wildman–Crippen MR) is 90.2 cm³/mol. The lowest BCUT2D eigenvalue weighted by Crippen LogP contribution is -2.29. The SMILES string of the molecule is COc1ccsc1C(=O)N(C)[C@H](C)c1ccc([S@@](C)=O)cc1. The van der Waals surface area contributed by atoms with E-state index in [1.165, 1.54) is 11.3 Å². The van der Waals surface area contributed by atoms with E-state index >= 15 is 0 Å². The Morgan fingerprint density at radius 1 is 1.27 bits per heavy atom. The molecule has 4 nitrogen and oxygen atoms in total. The maximum atomic E-state index is 12.6. The summed E-state index contributed by atoms with van der Waals surface area (Å²) in [5.41, 5.74) is 1.00. The van der Waals surface area contributed by atoms with Crippen LogP contribution in [0, 0.1) is 0 Å². The van der Waals surface area contributed by atoms with Gasteiger partial charge < -0.3 is 9.64 Å². The monoisotopic (exact) mass is 337 g/mol. The highest BCUT2D eigenvalue weighted by molar-refractivity contribution is 7.84. The van der Waals surface area contributed by atoms with Gasteiger partial charge in [0.25, 0.3) is 5.91 Å². The molecule has 0 spiro atoms. The van der Waals surface area contributed by atoms with Crippen LogP contribution < -0.4 is 4.74 Å². The van der Waals surface area contributed by atoms with E-state index in [2.05, 4.69) is 0 Å². The molecule has 0 aliphatic rings. The predicted octanol–water partition coefficient (Wildman–Crippen LogP) is 3.33. The molecule has 0 bridgehead atoms. The minimum Gasteiger partial charge on any atom is -0.495 e. The van der Waals surface area contributed by atoms with Gasteiger partial charge in [-0.3, -0.25) is 9.00 Å². The normalized spacial score (nSPS) is 13.5. The molecular weight excluding hydrogens is 318 g/mol. The van der Waals surface area contributed by atoms with Crippen LogP contribution in [0.5, 0.6) is 5.75 Å². The number of hydrogen-bond acceptors (Lipinski definition) is 4. The average Bonchev–Trinajstić information content (AvgIpc) is 3.01. The molecule has 0 saturated carbocycles. The molecular formula is C16H19NO3S2. The number of thiophene rings is 1. The molecule has 0 aliphatic carbocycles. The minimum atomic E-state index is -0.994. The van der Waals surface area contributed by atoms with Crippen LogP contribution in [0.2, 0.25) is 0 Å². The molecule has 1 heterocycles. The fourth-order valence-electron chi connectivity index (χ4n) is 2.11. The van der Waals surface area contributed by atoms with Gasteiger partial charge in [0.05, 0.1) is 13.2 Å². The Bertz CT molecular complexity index is 679. The summed E-state index contributed by atoms with van der Waals surface area (Å²) < 4.78 is 16.6. The van der Waals surface area contributed by atoms with Crippen LogP contribution in [0.15, 0.2) is 40.6 Å². The van der Waals surface area contributed by atoms with Crippen LogP contribution >= 0.6 is 11.3 Å². The summed E-state index contributed by atoms with van der Waals surface area (Å²) in [4.78, 5) is 15.7. The Kier molecular flexibility index (Phi) is 5.37. The molecule has 0 saturated heterocycles. The summed E-state index contributed by atoms with van der Waals surface area (Å²) in [7, 11) is 2.34. The van der Waals surface area contributed by atoms with E-state index in [9.17, 15) is 9.00 Å². The smallest absolute Gasteiger partial charge is 0.267 e. The number of benzene rings is 1. The Hall–Kier alpha value is -1.66. The van der Waals surface area contributed by atoms with Crippen molar-refractivity contribution in [3.8, 4) is 5.75 Å². The lowest BCUT2D eigenvalue weighted by Gasteiger charge is -2.25. The molecule has 1 amide bonds. The van der Waals surface area contributed by atoms with E-state index in [-0.39, 0.29) is 11.9 Å². The van der Waals surface area contributed by atoms with E-state index in [4.69, 9.17) is 4.74 Å². The van der Waals surface area contributed by atoms with Gasteiger partial charge in [0.2, 0.25) is 0 Å². The summed E-state index contributed by atoms with van der Waals surface area (Å²) in [6.45, 7) is 1.97. The fraction of sp³-hybridized carbons (Fsp3) is 0.312. The van der Waals surface area contributed by atoms with Crippen LogP contribution in [-0.4, -0.2) is 35.4 Å². The molecule has 0 fully saturated rings. The maximum absolute atomic E-state index is 12.6. The van der Waals surface area contributed by atoms with Crippen LogP contribution in [-0.2, 0) is 10.8 Å². The highest BCUT2D eigenvalue weighted by Gasteiger charge is 2.23. The fourth-order valence-corrected chi connectivity index (χ4v) is 3.47. The molecule has 6 heteroatoms. The zero-order valence-corrected chi connectivity index (χ0v) is 14.7. The molecule has 2 atom stereocenters. The van der Waals surface area contributed by atoms with Crippen molar-refractivity contribution in [2.75, 3.05) is 20.4 Å². The number of rotatable bonds is 5. The average molecular weight is 337 g/mol. The molecule has 1 aromatic carbocycles. The van der Waals surface area contributed by atoms with Crippen molar-refractivity contribution in [3.05, 3.63) is 46.2 Å². The number of carbonyl (C=O) groups excluding carboxylic acids is 1. The van der Waals surface area contributed by atoms with E-state index in [1.54, 1.807) is 31.4 Å². The van der Waals surface area contributed by atoms with E-state index in [0.29, 0.717) is 10.6 Å². The lowest BCUT2D eigenvalue weighted by atomic mass is 10.1. The summed E-state index contributed by atoms with van der Waals surface area (Å²) in [6.07, 6.45) is 1.65. The van der Waals surface area contributed by atoms with Crippen LogP contribution in [0.25, 0.3) is 0 Å². The second-order valence-corrected chi connectivity index (χ2v) is 7.23.